The summed E-state index contributed by atoms with van der Waals surface area (Å²) in [6.07, 6.45) is 4.08. The van der Waals surface area contributed by atoms with E-state index < -0.39 is 0 Å². The Morgan fingerprint density at radius 2 is 2.21 bits per heavy atom. The molecule has 1 aliphatic rings. The summed E-state index contributed by atoms with van der Waals surface area (Å²) in [7, 11) is 2.14. The normalized spacial score (nSPS) is 14.3. The Labute approximate surface area is 126 Å². The van der Waals surface area contributed by atoms with E-state index in [2.05, 4.69) is 62.7 Å². The first kappa shape index (κ1) is 12.7. The van der Waals surface area contributed by atoms with E-state index in [4.69, 9.17) is 5.73 Å². The van der Waals surface area contributed by atoms with Crippen LogP contribution >= 0.6 is 22.6 Å². The molecule has 0 saturated carbocycles. The molecule has 2 aromatic rings. The summed E-state index contributed by atoms with van der Waals surface area (Å²) in [5.74, 6) is 1.24. The van der Waals surface area contributed by atoms with Gasteiger partial charge in [-0.3, -0.25) is 0 Å². The highest BCUT2D eigenvalue weighted by Gasteiger charge is 2.15. The Hall–Kier alpha value is -1.37. The van der Waals surface area contributed by atoms with Gasteiger partial charge in [0.2, 0.25) is 0 Å². The quantitative estimate of drug-likeness (QED) is 0.789. The van der Waals surface area contributed by atoms with Crippen LogP contribution in [0.15, 0.2) is 24.4 Å². The molecule has 1 aromatic carbocycles. The second kappa shape index (κ2) is 4.96. The van der Waals surface area contributed by atoms with E-state index in [-0.39, 0.29) is 0 Å². The zero-order valence-corrected chi connectivity index (χ0v) is 12.9. The standard InChI is InChI=1S/C14H15IN4/c1-19-6-2-3-9-7-10(4-5-12(9)19)14-17-8-11(15)13(16)18-14/h4-5,7-8H,2-3,6H2,1H3,(H2,16,17,18). The maximum Gasteiger partial charge on any atom is 0.161 e. The van der Waals surface area contributed by atoms with E-state index in [1.54, 1.807) is 6.20 Å². The number of halogens is 1. The molecule has 0 aliphatic carbocycles. The van der Waals surface area contributed by atoms with Crippen molar-refractivity contribution >= 4 is 34.1 Å². The highest BCUT2D eigenvalue weighted by Crippen LogP contribution is 2.30. The Morgan fingerprint density at radius 3 is 3.00 bits per heavy atom. The summed E-state index contributed by atoms with van der Waals surface area (Å²) < 4.78 is 0.888. The number of rotatable bonds is 1. The van der Waals surface area contributed by atoms with Gasteiger partial charge < -0.3 is 10.6 Å². The number of nitrogens with zero attached hydrogens (tertiary/aromatic N) is 3. The first-order valence-corrected chi connectivity index (χ1v) is 7.35. The minimum Gasteiger partial charge on any atom is -0.383 e. The van der Waals surface area contributed by atoms with Crippen molar-refractivity contribution in [3.63, 3.8) is 0 Å². The van der Waals surface area contributed by atoms with Crippen molar-refractivity contribution in [3.05, 3.63) is 33.5 Å². The molecule has 3 rings (SSSR count). The van der Waals surface area contributed by atoms with Crippen LogP contribution in [0.4, 0.5) is 11.5 Å². The van der Waals surface area contributed by atoms with Gasteiger partial charge in [0.25, 0.3) is 0 Å². The van der Waals surface area contributed by atoms with Gasteiger partial charge in [0.15, 0.2) is 5.82 Å². The number of aryl methyl sites for hydroxylation is 1. The van der Waals surface area contributed by atoms with E-state index in [0.717, 1.165) is 22.1 Å². The molecule has 2 heterocycles. The summed E-state index contributed by atoms with van der Waals surface area (Å²) in [6, 6.07) is 6.41. The predicted molar refractivity (Wildman–Crippen MR) is 86.2 cm³/mol. The SMILES string of the molecule is CN1CCCc2cc(-c3ncc(I)c(N)n3)ccc21. The van der Waals surface area contributed by atoms with Crippen LogP contribution < -0.4 is 10.6 Å². The van der Waals surface area contributed by atoms with Crippen molar-refractivity contribution in [1.29, 1.82) is 0 Å². The second-order valence-electron chi connectivity index (χ2n) is 4.80. The molecule has 98 valence electrons. The zero-order chi connectivity index (χ0) is 13.4. The molecule has 0 amide bonds. The van der Waals surface area contributed by atoms with Gasteiger partial charge in [0, 0.05) is 31.0 Å². The van der Waals surface area contributed by atoms with Gasteiger partial charge in [-0.05, 0) is 59.2 Å². The molecular weight excluding hydrogens is 351 g/mol. The molecule has 4 nitrogen and oxygen atoms in total. The van der Waals surface area contributed by atoms with E-state index >= 15 is 0 Å². The highest BCUT2D eigenvalue weighted by atomic mass is 127. The van der Waals surface area contributed by atoms with Gasteiger partial charge >= 0.3 is 0 Å². The van der Waals surface area contributed by atoms with Gasteiger partial charge in [-0.2, -0.15) is 0 Å². The molecule has 0 bridgehead atoms. The third kappa shape index (κ3) is 2.39. The summed E-state index contributed by atoms with van der Waals surface area (Å²) in [5, 5.41) is 0. The number of fused-ring (bicyclic) bond motifs is 1. The number of hydrogen-bond donors (Lipinski definition) is 1. The molecule has 1 aromatic heterocycles. The minimum absolute atomic E-state index is 0.542. The monoisotopic (exact) mass is 366 g/mol. The predicted octanol–water partition coefficient (Wildman–Crippen LogP) is 2.71. The van der Waals surface area contributed by atoms with Crippen LogP contribution in [0.3, 0.4) is 0 Å². The third-order valence-corrected chi connectivity index (χ3v) is 4.29. The lowest BCUT2D eigenvalue weighted by Gasteiger charge is -2.27. The van der Waals surface area contributed by atoms with Crippen LogP contribution in [0, 0.1) is 3.57 Å². The summed E-state index contributed by atoms with van der Waals surface area (Å²) in [6.45, 7) is 1.12. The lowest BCUT2D eigenvalue weighted by atomic mass is 9.99. The maximum atomic E-state index is 5.85. The molecule has 0 fully saturated rings. The average molecular weight is 366 g/mol. The van der Waals surface area contributed by atoms with Gasteiger partial charge in [-0.15, -0.1) is 0 Å². The van der Waals surface area contributed by atoms with Crippen LogP contribution in [-0.2, 0) is 6.42 Å². The number of nitrogen functional groups attached to an aromatic ring is 1. The fourth-order valence-electron chi connectivity index (χ4n) is 2.44. The molecule has 0 saturated heterocycles. The van der Waals surface area contributed by atoms with Crippen LogP contribution in [0.2, 0.25) is 0 Å². The van der Waals surface area contributed by atoms with Crippen molar-refractivity contribution < 1.29 is 0 Å². The van der Waals surface area contributed by atoms with E-state index in [9.17, 15) is 0 Å². The number of nitrogens with two attached hydrogens (primary N) is 1. The summed E-state index contributed by atoms with van der Waals surface area (Å²) in [4.78, 5) is 11.0. The molecule has 1 aliphatic heterocycles. The van der Waals surface area contributed by atoms with Crippen LogP contribution in [0.1, 0.15) is 12.0 Å². The van der Waals surface area contributed by atoms with Gasteiger partial charge in [-0.1, -0.05) is 0 Å². The lowest BCUT2D eigenvalue weighted by Crippen LogP contribution is -2.24. The molecule has 0 spiro atoms. The second-order valence-corrected chi connectivity index (χ2v) is 5.96. The van der Waals surface area contributed by atoms with Crippen molar-refractivity contribution in [2.75, 3.05) is 24.2 Å². The van der Waals surface area contributed by atoms with E-state index in [0.29, 0.717) is 11.6 Å². The number of hydrogen-bond acceptors (Lipinski definition) is 4. The molecule has 0 unspecified atom stereocenters. The summed E-state index contributed by atoms with van der Waals surface area (Å²) in [5.41, 5.74) is 9.57. The number of anilines is 2. The topological polar surface area (TPSA) is 55.0 Å². The van der Waals surface area contributed by atoms with Crippen molar-refractivity contribution in [3.8, 4) is 11.4 Å². The fraction of sp³-hybridized carbons (Fsp3) is 0.286. The Balaban J connectivity index is 2.04. The van der Waals surface area contributed by atoms with E-state index in [1.165, 1.54) is 17.7 Å². The molecule has 19 heavy (non-hydrogen) atoms. The maximum absolute atomic E-state index is 5.85. The Bertz CT molecular complexity index is 627. The van der Waals surface area contributed by atoms with Crippen LogP contribution in [0.25, 0.3) is 11.4 Å². The van der Waals surface area contributed by atoms with E-state index in [1.807, 2.05) is 0 Å². The highest BCUT2D eigenvalue weighted by molar-refractivity contribution is 14.1. The van der Waals surface area contributed by atoms with Crippen LogP contribution in [-0.4, -0.2) is 23.6 Å². The Morgan fingerprint density at radius 1 is 1.37 bits per heavy atom. The van der Waals surface area contributed by atoms with Gasteiger partial charge in [0.1, 0.15) is 5.82 Å². The van der Waals surface area contributed by atoms with Crippen molar-refractivity contribution in [1.82, 2.24) is 9.97 Å². The third-order valence-electron chi connectivity index (χ3n) is 3.46. The smallest absolute Gasteiger partial charge is 0.161 e. The van der Waals surface area contributed by atoms with Crippen LogP contribution in [0.5, 0.6) is 0 Å². The fourth-order valence-corrected chi connectivity index (χ4v) is 2.70. The minimum atomic E-state index is 0.542. The zero-order valence-electron chi connectivity index (χ0n) is 10.7. The van der Waals surface area contributed by atoms with Crippen molar-refractivity contribution in [2.45, 2.75) is 12.8 Å². The molecule has 2 N–H and O–H groups in total. The first-order valence-electron chi connectivity index (χ1n) is 6.27. The molecular formula is C14H15IN4. The summed E-state index contributed by atoms with van der Waals surface area (Å²) >= 11 is 2.14. The lowest BCUT2D eigenvalue weighted by molar-refractivity contribution is 0.744. The number of benzene rings is 1. The van der Waals surface area contributed by atoms with Gasteiger partial charge in [0.05, 0.1) is 3.57 Å². The van der Waals surface area contributed by atoms with Gasteiger partial charge in [-0.25, -0.2) is 9.97 Å². The average Bonchev–Trinajstić information content (AvgIpc) is 2.42. The number of aromatic nitrogens is 2. The first-order chi connectivity index (χ1) is 9.15. The molecule has 0 atom stereocenters. The largest absolute Gasteiger partial charge is 0.383 e. The Kier molecular flexibility index (Phi) is 3.30. The molecule has 0 radical (unpaired) electrons. The van der Waals surface area contributed by atoms with Crippen molar-refractivity contribution in [2.24, 2.45) is 0 Å². The molecule has 5 heteroatoms.